The molecular weight excluding hydrogens is 310 g/mol. The van der Waals surface area contributed by atoms with Gasteiger partial charge in [0.1, 0.15) is 12.3 Å². The monoisotopic (exact) mass is 325 g/mol. The SMILES string of the molecule is O=C(OCc1cc(-c2cccs2)on1)C1(c2ccccc2)CC1. The Kier molecular flexibility index (Phi) is 3.50. The smallest absolute Gasteiger partial charge is 0.316 e. The standard InChI is InChI=1S/C18H15NO3S/c20-17(18(8-9-18)13-5-2-1-3-6-13)21-12-14-11-15(22-19-14)16-7-4-10-23-16/h1-7,10-11H,8-9,12H2. The second-order valence-corrected chi connectivity index (χ2v) is 6.63. The molecule has 5 heteroatoms. The van der Waals surface area contributed by atoms with E-state index in [0.717, 1.165) is 23.3 Å². The van der Waals surface area contributed by atoms with Crippen LogP contribution in [0.15, 0.2) is 58.4 Å². The van der Waals surface area contributed by atoms with E-state index >= 15 is 0 Å². The van der Waals surface area contributed by atoms with Gasteiger partial charge in [0.25, 0.3) is 0 Å². The molecule has 0 amide bonds. The van der Waals surface area contributed by atoms with E-state index < -0.39 is 5.41 Å². The third kappa shape index (κ3) is 2.68. The van der Waals surface area contributed by atoms with Crippen molar-refractivity contribution in [3.63, 3.8) is 0 Å². The van der Waals surface area contributed by atoms with E-state index in [1.54, 1.807) is 11.3 Å². The number of esters is 1. The Balaban J connectivity index is 1.43. The first-order valence-corrected chi connectivity index (χ1v) is 8.38. The maximum absolute atomic E-state index is 12.5. The van der Waals surface area contributed by atoms with Crippen LogP contribution in [0.25, 0.3) is 10.6 Å². The highest BCUT2D eigenvalue weighted by Gasteiger charge is 2.52. The second-order valence-electron chi connectivity index (χ2n) is 5.68. The zero-order valence-electron chi connectivity index (χ0n) is 12.4. The van der Waals surface area contributed by atoms with Crippen LogP contribution in [-0.4, -0.2) is 11.1 Å². The highest BCUT2D eigenvalue weighted by Crippen LogP contribution is 2.49. The summed E-state index contributed by atoms with van der Waals surface area (Å²) in [6.45, 7) is 0.141. The minimum atomic E-state index is -0.457. The normalized spacial score (nSPS) is 15.3. The Bertz CT molecular complexity index is 804. The second kappa shape index (κ2) is 5.66. The molecular formula is C18H15NO3S. The number of carbonyl (C=O) groups excluding carboxylic acids is 1. The van der Waals surface area contributed by atoms with Crippen molar-refractivity contribution in [2.24, 2.45) is 0 Å². The molecule has 0 unspecified atom stereocenters. The van der Waals surface area contributed by atoms with Crippen LogP contribution in [0, 0.1) is 0 Å². The predicted octanol–water partition coefficient (Wildman–Crippen LogP) is 4.18. The zero-order valence-corrected chi connectivity index (χ0v) is 13.2. The number of benzene rings is 1. The minimum absolute atomic E-state index is 0.141. The van der Waals surface area contributed by atoms with Crippen LogP contribution in [0.2, 0.25) is 0 Å². The molecule has 2 heterocycles. The Labute approximate surface area is 137 Å². The highest BCUT2D eigenvalue weighted by molar-refractivity contribution is 7.13. The van der Waals surface area contributed by atoms with E-state index in [1.165, 1.54) is 0 Å². The van der Waals surface area contributed by atoms with Gasteiger partial charge in [-0.15, -0.1) is 11.3 Å². The van der Waals surface area contributed by atoms with Gasteiger partial charge in [0.05, 0.1) is 10.3 Å². The van der Waals surface area contributed by atoms with Gasteiger partial charge in [-0.05, 0) is 29.9 Å². The average Bonchev–Trinajstić information content (AvgIpc) is 3.00. The van der Waals surface area contributed by atoms with Crippen molar-refractivity contribution in [1.82, 2.24) is 5.16 Å². The maximum atomic E-state index is 12.5. The third-order valence-corrected chi connectivity index (χ3v) is 5.03. The topological polar surface area (TPSA) is 52.3 Å². The summed E-state index contributed by atoms with van der Waals surface area (Å²) >= 11 is 1.58. The van der Waals surface area contributed by atoms with Crippen molar-refractivity contribution >= 4 is 17.3 Å². The molecule has 116 valence electrons. The molecule has 0 N–H and O–H groups in total. The first-order valence-electron chi connectivity index (χ1n) is 7.50. The van der Waals surface area contributed by atoms with Crippen LogP contribution in [0.5, 0.6) is 0 Å². The molecule has 0 spiro atoms. The average molecular weight is 325 g/mol. The van der Waals surface area contributed by atoms with E-state index in [0.29, 0.717) is 11.5 Å². The molecule has 3 aromatic rings. The molecule has 1 aliphatic carbocycles. The van der Waals surface area contributed by atoms with Crippen LogP contribution in [0.3, 0.4) is 0 Å². The van der Waals surface area contributed by atoms with Gasteiger partial charge in [-0.25, -0.2) is 0 Å². The summed E-state index contributed by atoms with van der Waals surface area (Å²) < 4.78 is 10.8. The van der Waals surface area contributed by atoms with Gasteiger partial charge >= 0.3 is 5.97 Å². The number of thiophene rings is 1. The minimum Gasteiger partial charge on any atom is -0.458 e. The molecule has 1 aliphatic rings. The van der Waals surface area contributed by atoms with Crippen molar-refractivity contribution in [3.05, 3.63) is 65.2 Å². The van der Waals surface area contributed by atoms with Crippen LogP contribution >= 0.6 is 11.3 Å². The van der Waals surface area contributed by atoms with Gasteiger partial charge in [-0.3, -0.25) is 4.79 Å². The Morgan fingerprint density at radius 1 is 1.22 bits per heavy atom. The molecule has 4 rings (SSSR count). The van der Waals surface area contributed by atoms with Gasteiger partial charge in [-0.1, -0.05) is 41.6 Å². The number of hydrogen-bond donors (Lipinski definition) is 0. The summed E-state index contributed by atoms with van der Waals surface area (Å²) in [4.78, 5) is 13.5. The van der Waals surface area contributed by atoms with Crippen LogP contribution in [0.1, 0.15) is 24.1 Å². The van der Waals surface area contributed by atoms with Gasteiger partial charge < -0.3 is 9.26 Å². The molecule has 0 aliphatic heterocycles. The molecule has 4 nitrogen and oxygen atoms in total. The third-order valence-electron chi connectivity index (χ3n) is 4.14. The zero-order chi connectivity index (χ0) is 15.7. The van der Waals surface area contributed by atoms with Crippen molar-refractivity contribution in [1.29, 1.82) is 0 Å². The number of ether oxygens (including phenoxy) is 1. The fourth-order valence-corrected chi connectivity index (χ4v) is 3.36. The van der Waals surface area contributed by atoms with Crippen molar-refractivity contribution in [2.45, 2.75) is 24.9 Å². The van der Waals surface area contributed by atoms with Gasteiger partial charge in [0.15, 0.2) is 5.76 Å². The summed E-state index contributed by atoms with van der Waals surface area (Å²) in [6.07, 6.45) is 1.68. The van der Waals surface area contributed by atoms with E-state index in [2.05, 4.69) is 5.16 Å². The Hall–Kier alpha value is -2.40. The molecule has 1 saturated carbocycles. The summed E-state index contributed by atoms with van der Waals surface area (Å²) in [5, 5.41) is 5.95. The lowest BCUT2D eigenvalue weighted by Crippen LogP contribution is -2.23. The molecule has 0 bridgehead atoms. The van der Waals surface area contributed by atoms with Crippen molar-refractivity contribution in [3.8, 4) is 10.6 Å². The summed E-state index contributed by atoms with van der Waals surface area (Å²) in [5.41, 5.74) is 1.21. The van der Waals surface area contributed by atoms with Crippen molar-refractivity contribution < 1.29 is 14.1 Å². The fourth-order valence-electron chi connectivity index (χ4n) is 2.69. The van der Waals surface area contributed by atoms with Crippen LogP contribution in [-0.2, 0) is 21.6 Å². The number of aromatic nitrogens is 1. The molecule has 0 saturated heterocycles. The van der Waals surface area contributed by atoms with E-state index in [4.69, 9.17) is 9.26 Å². The fraction of sp³-hybridized carbons (Fsp3) is 0.222. The molecule has 1 fully saturated rings. The van der Waals surface area contributed by atoms with Gasteiger partial charge in [0, 0.05) is 6.07 Å². The molecule has 2 aromatic heterocycles. The van der Waals surface area contributed by atoms with Crippen molar-refractivity contribution in [2.75, 3.05) is 0 Å². The van der Waals surface area contributed by atoms with Gasteiger partial charge in [0.2, 0.25) is 0 Å². The van der Waals surface area contributed by atoms with Crippen LogP contribution in [0.4, 0.5) is 0 Å². The van der Waals surface area contributed by atoms with Crippen LogP contribution < -0.4 is 0 Å². The molecule has 1 aromatic carbocycles. The Morgan fingerprint density at radius 3 is 2.74 bits per heavy atom. The quantitative estimate of drug-likeness (QED) is 0.660. The number of rotatable bonds is 5. The first kappa shape index (κ1) is 14.2. The highest BCUT2D eigenvalue weighted by atomic mass is 32.1. The molecule has 0 radical (unpaired) electrons. The molecule has 0 atom stereocenters. The lowest BCUT2D eigenvalue weighted by atomic mass is 9.96. The summed E-state index contributed by atoms with van der Waals surface area (Å²) in [5.74, 6) is 0.527. The van der Waals surface area contributed by atoms with Gasteiger partial charge in [-0.2, -0.15) is 0 Å². The number of carbonyl (C=O) groups is 1. The lowest BCUT2D eigenvalue weighted by molar-refractivity contribution is -0.148. The van der Waals surface area contributed by atoms with E-state index in [9.17, 15) is 4.79 Å². The first-order chi connectivity index (χ1) is 11.3. The maximum Gasteiger partial charge on any atom is 0.316 e. The summed E-state index contributed by atoms with van der Waals surface area (Å²) in [6, 6.07) is 15.6. The lowest BCUT2D eigenvalue weighted by Gasteiger charge is -2.14. The molecule has 23 heavy (non-hydrogen) atoms. The van der Waals surface area contributed by atoms with E-state index in [-0.39, 0.29) is 12.6 Å². The number of nitrogens with zero attached hydrogens (tertiary/aromatic N) is 1. The number of hydrogen-bond acceptors (Lipinski definition) is 5. The Morgan fingerprint density at radius 2 is 2.04 bits per heavy atom. The summed E-state index contributed by atoms with van der Waals surface area (Å²) in [7, 11) is 0. The largest absolute Gasteiger partial charge is 0.458 e. The van der Waals surface area contributed by atoms with E-state index in [1.807, 2.05) is 53.9 Å². The predicted molar refractivity (Wildman–Crippen MR) is 87.0 cm³/mol.